The third-order valence-corrected chi connectivity index (χ3v) is 9.62. The van der Waals surface area contributed by atoms with Crippen LogP contribution in [0.25, 0.3) is 10.9 Å². The number of hydrogen-bond donors (Lipinski definition) is 3. The molecule has 0 fully saturated rings. The molecule has 57 heavy (non-hydrogen) atoms. The second-order valence-corrected chi connectivity index (χ2v) is 18.9. The molecule has 2 aromatic rings. The van der Waals surface area contributed by atoms with Crippen molar-refractivity contribution in [3.63, 3.8) is 0 Å². The standard InChI is InChI=1S/C43H67N5O9/c1-25(2)31(22-26(3)35(51)44-29(23-32(49)50)38(54)56-41(7,8)9)47(16)37(53)33(40(4,5)6)45-36(52)34(48(17)39(55)57-42(10,11)12)43(13,14)28-24-46(15)30-21-19-18-20-27(28)30/h18-22,24-25,29,31,33-34H,23H2,1-17H3,(H,44,51)(H,45,52)(H,49,50)/b26-22+/t29-,31-,33?,34-/m1/s1. The van der Waals surface area contributed by atoms with Gasteiger partial charge in [-0.2, -0.15) is 0 Å². The second kappa shape index (κ2) is 18.1. The fourth-order valence-electron chi connectivity index (χ4n) is 6.75. The molecule has 0 aliphatic rings. The van der Waals surface area contributed by atoms with E-state index in [1.807, 2.05) is 90.5 Å². The number of carboxylic acid groups (broad SMARTS) is 1. The SMILES string of the molecule is C/C(=C\[C@H](C(C)C)N(C)C(=O)C(NC(=O)[C@@H](N(C)C(=O)OC(C)(C)C)C(C)(C)c1cn(C)c2ccccc12)C(C)(C)C)C(=O)N[C@H](CC(=O)O)C(=O)OC(C)(C)C. The van der Waals surface area contributed by atoms with Gasteiger partial charge in [-0.25, -0.2) is 9.59 Å². The van der Waals surface area contributed by atoms with Crippen LogP contribution in [-0.2, 0) is 45.9 Å². The molecule has 1 unspecified atom stereocenters. The van der Waals surface area contributed by atoms with E-state index in [1.54, 1.807) is 54.7 Å². The summed E-state index contributed by atoms with van der Waals surface area (Å²) in [4.78, 5) is 83.6. The largest absolute Gasteiger partial charge is 0.481 e. The number of nitrogens with zero attached hydrogens (tertiary/aromatic N) is 3. The molecule has 0 spiro atoms. The number of carboxylic acids is 1. The van der Waals surface area contributed by atoms with E-state index in [0.29, 0.717) is 0 Å². The molecule has 4 amide bonds. The average molecular weight is 798 g/mol. The number of ether oxygens (including phenoxy) is 2. The highest BCUT2D eigenvalue weighted by atomic mass is 16.6. The van der Waals surface area contributed by atoms with Gasteiger partial charge in [-0.3, -0.25) is 24.1 Å². The zero-order valence-electron chi connectivity index (χ0n) is 37.1. The van der Waals surface area contributed by atoms with Gasteiger partial charge in [0.15, 0.2) is 0 Å². The Labute approximate surface area is 338 Å². The Morgan fingerprint density at radius 3 is 1.88 bits per heavy atom. The van der Waals surface area contributed by atoms with Gasteiger partial charge in [-0.1, -0.05) is 72.7 Å². The number of esters is 1. The number of aliphatic carboxylic acids is 1. The van der Waals surface area contributed by atoms with Gasteiger partial charge in [0.2, 0.25) is 17.7 Å². The van der Waals surface area contributed by atoms with Crippen LogP contribution in [0.4, 0.5) is 4.79 Å². The van der Waals surface area contributed by atoms with E-state index in [-0.39, 0.29) is 11.5 Å². The van der Waals surface area contributed by atoms with Crippen molar-refractivity contribution in [2.45, 2.75) is 144 Å². The number of aromatic nitrogens is 1. The first-order valence-electron chi connectivity index (χ1n) is 19.3. The van der Waals surface area contributed by atoms with E-state index >= 15 is 0 Å². The summed E-state index contributed by atoms with van der Waals surface area (Å²) in [5.74, 6) is -4.13. The Kier molecular flexibility index (Phi) is 15.4. The van der Waals surface area contributed by atoms with Crippen molar-refractivity contribution in [3.05, 3.63) is 47.7 Å². The molecule has 1 heterocycles. The quantitative estimate of drug-likeness (QED) is 0.154. The third kappa shape index (κ3) is 12.8. The van der Waals surface area contributed by atoms with Crippen molar-refractivity contribution >= 4 is 46.7 Å². The van der Waals surface area contributed by atoms with Crippen LogP contribution in [0.2, 0.25) is 0 Å². The number of hydrogen-bond acceptors (Lipinski definition) is 8. The number of likely N-dealkylation sites (N-methyl/N-ethyl adjacent to an activating group) is 2. The first-order chi connectivity index (χ1) is 25.8. The Morgan fingerprint density at radius 1 is 0.842 bits per heavy atom. The van der Waals surface area contributed by atoms with E-state index in [1.165, 1.54) is 23.8 Å². The summed E-state index contributed by atoms with van der Waals surface area (Å²) >= 11 is 0. The second-order valence-electron chi connectivity index (χ2n) is 18.9. The van der Waals surface area contributed by atoms with Gasteiger partial charge < -0.3 is 34.7 Å². The lowest BCUT2D eigenvalue weighted by Crippen LogP contribution is -2.63. The molecule has 0 aliphatic heterocycles. The molecule has 14 nitrogen and oxygen atoms in total. The van der Waals surface area contributed by atoms with Crippen molar-refractivity contribution in [2.75, 3.05) is 14.1 Å². The molecule has 1 aromatic carbocycles. The molecule has 0 saturated carbocycles. The molecule has 14 heteroatoms. The van der Waals surface area contributed by atoms with Crippen LogP contribution in [0, 0.1) is 11.3 Å². The predicted molar refractivity (Wildman–Crippen MR) is 220 cm³/mol. The van der Waals surface area contributed by atoms with Crippen LogP contribution in [0.1, 0.15) is 109 Å². The normalized spacial score (nSPS) is 14.9. The van der Waals surface area contributed by atoms with Gasteiger partial charge in [0, 0.05) is 49.2 Å². The topological polar surface area (TPSA) is 177 Å². The average Bonchev–Trinajstić information content (AvgIpc) is 3.39. The highest BCUT2D eigenvalue weighted by Gasteiger charge is 2.47. The number of para-hydroxylation sites is 1. The molecule has 4 atom stereocenters. The molecule has 1 aromatic heterocycles. The van der Waals surface area contributed by atoms with Crippen molar-refractivity contribution in [3.8, 4) is 0 Å². The van der Waals surface area contributed by atoms with Crippen LogP contribution >= 0.6 is 0 Å². The number of fused-ring (bicyclic) bond motifs is 1. The minimum atomic E-state index is -1.44. The van der Waals surface area contributed by atoms with Crippen LogP contribution in [0.5, 0.6) is 0 Å². The summed E-state index contributed by atoms with van der Waals surface area (Å²) in [7, 11) is 5.01. The minimum absolute atomic E-state index is 0.138. The first-order valence-corrected chi connectivity index (χ1v) is 19.3. The maximum absolute atomic E-state index is 14.8. The van der Waals surface area contributed by atoms with Crippen LogP contribution in [-0.4, -0.2) is 105 Å². The Hall–Kier alpha value is -4.88. The Bertz CT molecular complexity index is 1840. The lowest BCUT2D eigenvalue weighted by molar-refractivity contribution is -0.160. The molecule has 0 aliphatic carbocycles. The predicted octanol–water partition coefficient (Wildman–Crippen LogP) is 5.95. The zero-order valence-corrected chi connectivity index (χ0v) is 37.1. The number of rotatable bonds is 14. The number of nitrogens with one attached hydrogen (secondary N) is 2. The fraction of sp³-hybridized carbons (Fsp3) is 0.628. The third-order valence-electron chi connectivity index (χ3n) is 9.62. The summed E-state index contributed by atoms with van der Waals surface area (Å²) < 4.78 is 13.0. The molecular formula is C43H67N5O9. The zero-order chi connectivity index (χ0) is 44.2. The fourth-order valence-corrected chi connectivity index (χ4v) is 6.75. The van der Waals surface area contributed by atoms with Gasteiger partial charge in [-0.05, 0) is 71.4 Å². The van der Waals surface area contributed by atoms with E-state index in [2.05, 4.69) is 10.6 Å². The van der Waals surface area contributed by atoms with Crippen molar-refractivity contribution < 1.29 is 43.3 Å². The van der Waals surface area contributed by atoms with Crippen LogP contribution in [0.15, 0.2) is 42.1 Å². The van der Waals surface area contributed by atoms with Crippen LogP contribution in [0.3, 0.4) is 0 Å². The smallest absolute Gasteiger partial charge is 0.410 e. The number of carbonyl (C=O) groups is 6. The summed E-state index contributed by atoms with van der Waals surface area (Å²) in [5.41, 5.74) is -1.67. The molecule has 0 radical (unpaired) electrons. The molecule has 3 N–H and O–H groups in total. The summed E-state index contributed by atoms with van der Waals surface area (Å²) in [6.07, 6.45) is 2.13. The number of benzene rings is 1. The van der Waals surface area contributed by atoms with Crippen molar-refractivity contribution in [1.29, 1.82) is 0 Å². The van der Waals surface area contributed by atoms with E-state index in [9.17, 15) is 33.9 Å². The summed E-state index contributed by atoms with van der Waals surface area (Å²) in [6, 6.07) is 3.44. The molecule has 318 valence electrons. The summed E-state index contributed by atoms with van der Waals surface area (Å²) in [5, 5.41) is 15.8. The Morgan fingerprint density at radius 2 is 1.39 bits per heavy atom. The van der Waals surface area contributed by atoms with Gasteiger partial charge in [0.25, 0.3) is 0 Å². The highest BCUT2D eigenvalue weighted by molar-refractivity contribution is 5.97. The summed E-state index contributed by atoms with van der Waals surface area (Å²) in [6.45, 7) is 24.6. The number of aryl methyl sites for hydroxylation is 1. The van der Waals surface area contributed by atoms with Gasteiger partial charge in [0.1, 0.15) is 29.3 Å². The molecule has 2 rings (SSSR count). The lowest BCUT2D eigenvalue weighted by atomic mass is 9.76. The van der Waals surface area contributed by atoms with Gasteiger partial charge in [-0.15, -0.1) is 0 Å². The molecule has 0 bridgehead atoms. The molecule has 0 saturated heterocycles. The minimum Gasteiger partial charge on any atom is -0.481 e. The highest BCUT2D eigenvalue weighted by Crippen LogP contribution is 2.37. The lowest BCUT2D eigenvalue weighted by Gasteiger charge is -2.42. The van der Waals surface area contributed by atoms with E-state index in [4.69, 9.17) is 9.47 Å². The number of carbonyl (C=O) groups excluding carboxylic acids is 5. The maximum atomic E-state index is 14.8. The monoisotopic (exact) mass is 797 g/mol. The van der Waals surface area contributed by atoms with Gasteiger partial charge >= 0.3 is 18.0 Å². The molecular weight excluding hydrogens is 730 g/mol. The van der Waals surface area contributed by atoms with E-state index in [0.717, 1.165) is 16.5 Å². The van der Waals surface area contributed by atoms with Crippen LogP contribution < -0.4 is 10.6 Å². The van der Waals surface area contributed by atoms with Crippen molar-refractivity contribution in [1.82, 2.24) is 25.0 Å². The van der Waals surface area contributed by atoms with Gasteiger partial charge in [0.05, 0.1) is 12.5 Å². The number of amides is 4. The van der Waals surface area contributed by atoms with E-state index < -0.39 is 88.4 Å². The van der Waals surface area contributed by atoms with Crippen molar-refractivity contribution in [2.24, 2.45) is 18.4 Å². The Balaban J connectivity index is 2.58. The maximum Gasteiger partial charge on any atom is 0.410 e. The first kappa shape index (κ1) is 48.3.